The minimum absolute atomic E-state index is 0.788. The first-order chi connectivity index (χ1) is 12.2. The summed E-state index contributed by atoms with van der Waals surface area (Å²) in [5, 5.41) is 5.19. The third kappa shape index (κ3) is 12.5. The molecule has 0 aliphatic carbocycles. The third-order valence-electron chi connectivity index (χ3n) is 5.13. The van der Waals surface area contributed by atoms with Crippen LogP contribution < -0.4 is 0 Å². The Kier molecular flexibility index (Phi) is 14.2. The smallest absolute Gasteiger partial charge is 0.0814 e. The molecule has 3 heteroatoms. The number of aromatic nitrogens is 2. The molecular formula is C22H41ClN2. The summed E-state index contributed by atoms with van der Waals surface area (Å²) in [4.78, 5) is 0. The molecule has 1 heterocycles. The first-order valence-electron chi connectivity index (χ1n) is 10.9. The van der Waals surface area contributed by atoms with E-state index in [0.717, 1.165) is 17.3 Å². The zero-order chi connectivity index (χ0) is 18.2. The van der Waals surface area contributed by atoms with E-state index in [1.165, 1.54) is 103 Å². The van der Waals surface area contributed by atoms with E-state index in [9.17, 15) is 0 Å². The van der Waals surface area contributed by atoms with Crippen molar-refractivity contribution in [2.45, 2.75) is 123 Å². The number of rotatable bonds is 17. The minimum atomic E-state index is 0.788. The van der Waals surface area contributed by atoms with Crippen molar-refractivity contribution >= 4 is 11.6 Å². The molecule has 0 N–H and O–H groups in total. The van der Waals surface area contributed by atoms with Crippen molar-refractivity contribution in [3.8, 4) is 0 Å². The number of nitrogens with zero attached hydrogens (tertiary/aromatic N) is 2. The Hall–Kier alpha value is -0.500. The molecule has 0 radical (unpaired) electrons. The average Bonchev–Trinajstić information content (AvgIpc) is 2.92. The molecule has 0 bridgehead atoms. The van der Waals surface area contributed by atoms with Crippen LogP contribution in [0.4, 0.5) is 0 Å². The SMILES string of the molecule is CCCCCCCCCCCCCCCCCCn1cc(Cl)c(C)n1. The van der Waals surface area contributed by atoms with Crippen LogP contribution >= 0.6 is 11.6 Å². The van der Waals surface area contributed by atoms with Crippen molar-refractivity contribution in [2.24, 2.45) is 0 Å². The first kappa shape index (κ1) is 22.5. The van der Waals surface area contributed by atoms with Gasteiger partial charge in [0.15, 0.2) is 0 Å². The molecule has 25 heavy (non-hydrogen) atoms. The molecule has 0 aromatic carbocycles. The number of hydrogen-bond acceptors (Lipinski definition) is 1. The summed E-state index contributed by atoms with van der Waals surface area (Å²) >= 11 is 6.02. The topological polar surface area (TPSA) is 17.8 Å². The van der Waals surface area contributed by atoms with Gasteiger partial charge in [0.1, 0.15) is 0 Å². The summed E-state index contributed by atoms with van der Waals surface area (Å²) in [6, 6.07) is 0. The lowest BCUT2D eigenvalue weighted by molar-refractivity contribution is 0.508. The number of halogens is 1. The normalized spacial score (nSPS) is 11.3. The van der Waals surface area contributed by atoms with Crippen molar-refractivity contribution in [3.05, 3.63) is 16.9 Å². The molecule has 2 nitrogen and oxygen atoms in total. The number of aryl methyl sites for hydroxylation is 2. The van der Waals surface area contributed by atoms with Crippen molar-refractivity contribution in [2.75, 3.05) is 0 Å². The monoisotopic (exact) mass is 368 g/mol. The first-order valence-corrected chi connectivity index (χ1v) is 11.3. The Balaban J connectivity index is 1.74. The number of hydrogen-bond donors (Lipinski definition) is 0. The van der Waals surface area contributed by atoms with Crippen LogP contribution in [-0.4, -0.2) is 9.78 Å². The predicted octanol–water partition coefficient (Wildman–Crippen LogP) is 8.11. The fourth-order valence-corrected chi connectivity index (χ4v) is 3.58. The highest BCUT2D eigenvalue weighted by Gasteiger charge is 2.01. The fourth-order valence-electron chi connectivity index (χ4n) is 3.43. The lowest BCUT2D eigenvalue weighted by Gasteiger charge is -2.04. The molecule has 0 unspecified atom stereocenters. The van der Waals surface area contributed by atoms with Crippen molar-refractivity contribution in [1.82, 2.24) is 9.78 Å². The lowest BCUT2D eigenvalue weighted by atomic mass is 10.0. The van der Waals surface area contributed by atoms with Crippen LogP contribution in [0.3, 0.4) is 0 Å². The van der Waals surface area contributed by atoms with Crippen LogP contribution in [0.1, 0.15) is 115 Å². The van der Waals surface area contributed by atoms with Gasteiger partial charge < -0.3 is 0 Å². The molecule has 1 aromatic rings. The second-order valence-electron chi connectivity index (χ2n) is 7.63. The van der Waals surface area contributed by atoms with Gasteiger partial charge in [-0.1, -0.05) is 115 Å². The number of unbranched alkanes of at least 4 members (excludes halogenated alkanes) is 15. The van der Waals surface area contributed by atoms with E-state index in [-0.39, 0.29) is 0 Å². The molecular weight excluding hydrogens is 328 g/mol. The van der Waals surface area contributed by atoms with Gasteiger partial charge in [0, 0.05) is 12.7 Å². The van der Waals surface area contributed by atoms with E-state index in [1.54, 1.807) is 0 Å². The molecule has 1 rings (SSSR count). The van der Waals surface area contributed by atoms with Crippen molar-refractivity contribution < 1.29 is 0 Å². The van der Waals surface area contributed by atoms with Gasteiger partial charge in [0.05, 0.1) is 10.7 Å². The summed E-state index contributed by atoms with van der Waals surface area (Å²) in [7, 11) is 0. The van der Waals surface area contributed by atoms with Crippen LogP contribution in [0, 0.1) is 6.92 Å². The quantitative estimate of drug-likeness (QED) is 0.254. The molecule has 146 valence electrons. The fraction of sp³-hybridized carbons (Fsp3) is 0.864. The standard InChI is InChI=1S/C22H41ClN2/c1-3-4-5-6-7-8-9-10-11-12-13-14-15-16-17-18-19-25-20-22(23)21(2)24-25/h20H,3-19H2,1-2H3. The second kappa shape index (κ2) is 15.7. The molecule has 1 aromatic heterocycles. The third-order valence-corrected chi connectivity index (χ3v) is 5.50. The summed E-state index contributed by atoms with van der Waals surface area (Å²) in [5.74, 6) is 0. The molecule has 0 saturated heterocycles. The summed E-state index contributed by atoms with van der Waals surface area (Å²) < 4.78 is 1.99. The van der Waals surface area contributed by atoms with Gasteiger partial charge >= 0.3 is 0 Å². The van der Waals surface area contributed by atoms with E-state index in [4.69, 9.17) is 11.6 Å². The molecule has 0 spiro atoms. The second-order valence-corrected chi connectivity index (χ2v) is 8.04. The highest BCUT2D eigenvalue weighted by molar-refractivity contribution is 6.31. The Bertz CT molecular complexity index is 395. The van der Waals surface area contributed by atoms with Gasteiger partial charge in [-0.25, -0.2) is 0 Å². The summed E-state index contributed by atoms with van der Waals surface area (Å²) in [6.45, 7) is 5.26. The van der Waals surface area contributed by atoms with E-state index in [2.05, 4.69) is 12.0 Å². The molecule has 0 amide bonds. The average molecular weight is 369 g/mol. The van der Waals surface area contributed by atoms with Gasteiger partial charge in [-0.15, -0.1) is 0 Å². The molecule has 0 saturated carbocycles. The molecule has 0 fully saturated rings. The molecule has 0 atom stereocenters. The zero-order valence-corrected chi connectivity index (χ0v) is 17.6. The van der Waals surface area contributed by atoms with Gasteiger partial charge in [-0.05, 0) is 13.3 Å². The van der Waals surface area contributed by atoms with Gasteiger partial charge in [-0.2, -0.15) is 5.10 Å². The van der Waals surface area contributed by atoms with Crippen LogP contribution in [0.2, 0.25) is 5.02 Å². The maximum Gasteiger partial charge on any atom is 0.0814 e. The van der Waals surface area contributed by atoms with E-state index in [1.807, 2.05) is 17.8 Å². The zero-order valence-electron chi connectivity index (χ0n) is 16.9. The predicted molar refractivity (Wildman–Crippen MR) is 112 cm³/mol. The Morgan fingerprint density at radius 3 is 1.48 bits per heavy atom. The van der Waals surface area contributed by atoms with Gasteiger partial charge in [0.25, 0.3) is 0 Å². The van der Waals surface area contributed by atoms with Crippen LogP contribution in [0.25, 0.3) is 0 Å². The highest BCUT2D eigenvalue weighted by atomic mass is 35.5. The van der Waals surface area contributed by atoms with E-state index in [0.29, 0.717) is 0 Å². The van der Waals surface area contributed by atoms with Crippen LogP contribution in [-0.2, 0) is 6.54 Å². The minimum Gasteiger partial charge on any atom is -0.271 e. The lowest BCUT2D eigenvalue weighted by Crippen LogP contribution is -1.98. The maximum atomic E-state index is 6.02. The Morgan fingerprint density at radius 2 is 1.12 bits per heavy atom. The largest absolute Gasteiger partial charge is 0.271 e. The maximum absolute atomic E-state index is 6.02. The summed E-state index contributed by atoms with van der Waals surface area (Å²) in [5.41, 5.74) is 0.943. The molecule has 0 aliphatic heterocycles. The van der Waals surface area contributed by atoms with Crippen molar-refractivity contribution in [3.63, 3.8) is 0 Å². The Morgan fingerprint density at radius 1 is 0.720 bits per heavy atom. The molecule has 0 aliphatic rings. The van der Waals surface area contributed by atoms with E-state index >= 15 is 0 Å². The van der Waals surface area contributed by atoms with Crippen molar-refractivity contribution in [1.29, 1.82) is 0 Å². The summed E-state index contributed by atoms with van der Waals surface area (Å²) in [6.07, 6.45) is 24.5. The van der Waals surface area contributed by atoms with Crippen LogP contribution in [0.5, 0.6) is 0 Å². The van der Waals surface area contributed by atoms with Crippen LogP contribution in [0.15, 0.2) is 6.20 Å². The van der Waals surface area contributed by atoms with E-state index < -0.39 is 0 Å². The Labute approximate surface area is 161 Å². The highest BCUT2D eigenvalue weighted by Crippen LogP contribution is 2.15. The van der Waals surface area contributed by atoms with Gasteiger partial charge in [-0.3, -0.25) is 4.68 Å². The van der Waals surface area contributed by atoms with Gasteiger partial charge in [0.2, 0.25) is 0 Å².